The molecule has 0 amide bonds. The van der Waals surface area contributed by atoms with E-state index in [1.165, 1.54) is 25.7 Å². The van der Waals surface area contributed by atoms with Gasteiger partial charge in [0.25, 0.3) is 0 Å². The van der Waals surface area contributed by atoms with Crippen LogP contribution in [0.5, 0.6) is 0 Å². The minimum atomic E-state index is 0.587. The van der Waals surface area contributed by atoms with Crippen molar-refractivity contribution in [1.29, 1.82) is 0 Å². The highest BCUT2D eigenvalue weighted by Crippen LogP contribution is 2.29. The zero-order chi connectivity index (χ0) is 11.4. The van der Waals surface area contributed by atoms with Crippen molar-refractivity contribution >= 4 is 11.8 Å². The van der Waals surface area contributed by atoms with Crippen molar-refractivity contribution in [2.24, 2.45) is 13.0 Å². The van der Waals surface area contributed by atoms with Crippen molar-refractivity contribution in [3.63, 3.8) is 0 Å². The van der Waals surface area contributed by atoms with E-state index in [-0.39, 0.29) is 0 Å². The molecule has 0 radical (unpaired) electrons. The van der Waals surface area contributed by atoms with Gasteiger partial charge in [0.2, 0.25) is 5.16 Å². The van der Waals surface area contributed by atoms with Crippen molar-refractivity contribution in [1.82, 2.24) is 25.5 Å². The number of hydrogen-bond donors (Lipinski definition) is 1. The largest absolute Gasteiger partial charge is 0.316 e. The summed E-state index contributed by atoms with van der Waals surface area (Å²) in [5, 5.41) is 15.8. The lowest BCUT2D eigenvalue weighted by atomic mass is 10.0. The molecule has 1 aromatic heterocycles. The highest BCUT2D eigenvalue weighted by Gasteiger charge is 2.24. The summed E-state index contributed by atoms with van der Waals surface area (Å²) in [5.41, 5.74) is 0. The number of nitrogens with one attached hydrogen (secondary N) is 1. The Kier molecular flexibility index (Phi) is 4.17. The molecular formula is C10H19N5S. The van der Waals surface area contributed by atoms with Gasteiger partial charge in [0.15, 0.2) is 0 Å². The van der Waals surface area contributed by atoms with Gasteiger partial charge in [-0.15, -0.1) is 5.10 Å². The Morgan fingerprint density at radius 3 is 2.81 bits per heavy atom. The molecule has 1 heterocycles. The molecule has 16 heavy (non-hydrogen) atoms. The monoisotopic (exact) mass is 241 g/mol. The molecule has 1 aliphatic carbocycles. The van der Waals surface area contributed by atoms with Crippen LogP contribution in [0.15, 0.2) is 5.16 Å². The van der Waals surface area contributed by atoms with Gasteiger partial charge in [0, 0.05) is 18.8 Å². The van der Waals surface area contributed by atoms with Crippen LogP contribution in [-0.4, -0.2) is 39.0 Å². The highest BCUT2D eigenvalue weighted by atomic mass is 32.2. The number of aromatic nitrogens is 4. The molecule has 0 bridgehead atoms. The maximum absolute atomic E-state index is 3.99. The molecule has 1 saturated carbocycles. The summed E-state index contributed by atoms with van der Waals surface area (Å²) in [6, 6.07) is 0.587. The second kappa shape index (κ2) is 5.63. The molecule has 1 aliphatic rings. The third-order valence-corrected chi connectivity index (χ3v) is 4.44. The van der Waals surface area contributed by atoms with Gasteiger partial charge in [-0.05, 0) is 36.2 Å². The summed E-state index contributed by atoms with van der Waals surface area (Å²) in [6.45, 7) is 0. The van der Waals surface area contributed by atoms with Gasteiger partial charge in [-0.2, -0.15) is 0 Å². The van der Waals surface area contributed by atoms with Gasteiger partial charge in [0.1, 0.15) is 0 Å². The summed E-state index contributed by atoms with van der Waals surface area (Å²) >= 11 is 1.74. The van der Waals surface area contributed by atoms with Crippen LogP contribution >= 0.6 is 11.8 Å². The number of thioether (sulfide) groups is 1. The minimum absolute atomic E-state index is 0.587. The Morgan fingerprint density at radius 2 is 2.25 bits per heavy atom. The summed E-state index contributed by atoms with van der Waals surface area (Å²) < 4.78 is 1.73. The fourth-order valence-electron chi connectivity index (χ4n) is 2.32. The van der Waals surface area contributed by atoms with Crippen LogP contribution in [0.25, 0.3) is 0 Å². The Labute approximate surface area is 100 Å². The van der Waals surface area contributed by atoms with E-state index in [9.17, 15) is 0 Å². The number of hydrogen-bond acceptors (Lipinski definition) is 5. The Balaban J connectivity index is 1.85. The van der Waals surface area contributed by atoms with Crippen LogP contribution in [-0.2, 0) is 7.05 Å². The molecule has 0 aromatic carbocycles. The van der Waals surface area contributed by atoms with Crippen LogP contribution in [0.2, 0.25) is 0 Å². The molecule has 2 rings (SSSR count). The molecule has 0 aliphatic heterocycles. The predicted octanol–water partition coefficient (Wildman–Crippen LogP) is 1.08. The van der Waals surface area contributed by atoms with E-state index in [0.717, 1.165) is 16.8 Å². The van der Waals surface area contributed by atoms with Crippen LogP contribution in [0.1, 0.15) is 25.7 Å². The van der Waals surface area contributed by atoms with Crippen molar-refractivity contribution in [2.45, 2.75) is 36.9 Å². The first kappa shape index (κ1) is 11.9. The van der Waals surface area contributed by atoms with E-state index >= 15 is 0 Å². The normalized spacial score (nSPS) is 19.1. The lowest BCUT2D eigenvalue weighted by Gasteiger charge is -2.21. The van der Waals surface area contributed by atoms with E-state index in [1.807, 2.05) is 7.05 Å². The molecule has 0 saturated heterocycles. The molecule has 1 atom stereocenters. The summed E-state index contributed by atoms with van der Waals surface area (Å²) in [7, 11) is 3.94. The second-order valence-corrected chi connectivity index (χ2v) is 5.32. The standard InChI is InChI=1S/C10H19N5S/c1-11-9(8-5-3-4-6-8)7-16-10-12-13-14-15(10)2/h8-9,11H,3-7H2,1-2H3. The molecule has 0 spiro atoms. The average Bonchev–Trinajstić information content (AvgIpc) is 2.92. The fraction of sp³-hybridized carbons (Fsp3) is 0.900. The van der Waals surface area contributed by atoms with Crippen LogP contribution in [0.4, 0.5) is 0 Å². The van der Waals surface area contributed by atoms with E-state index in [4.69, 9.17) is 0 Å². The third kappa shape index (κ3) is 2.74. The maximum atomic E-state index is 3.99. The van der Waals surface area contributed by atoms with Gasteiger partial charge in [0.05, 0.1) is 0 Å². The third-order valence-electron chi connectivity index (χ3n) is 3.31. The van der Waals surface area contributed by atoms with Crippen molar-refractivity contribution in [3.05, 3.63) is 0 Å². The van der Waals surface area contributed by atoms with Gasteiger partial charge in [-0.1, -0.05) is 24.6 Å². The SMILES string of the molecule is CNC(CSc1nnnn1C)C1CCCC1. The van der Waals surface area contributed by atoms with E-state index in [1.54, 1.807) is 16.4 Å². The molecule has 1 N–H and O–H groups in total. The number of tetrazole rings is 1. The smallest absolute Gasteiger partial charge is 0.209 e. The van der Waals surface area contributed by atoms with Crippen molar-refractivity contribution in [2.75, 3.05) is 12.8 Å². The zero-order valence-corrected chi connectivity index (χ0v) is 10.7. The predicted molar refractivity (Wildman–Crippen MR) is 64.3 cm³/mol. The number of aryl methyl sites for hydroxylation is 1. The van der Waals surface area contributed by atoms with Gasteiger partial charge in [-0.3, -0.25) is 0 Å². The highest BCUT2D eigenvalue weighted by molar-refractivity contribution is 7.99. The minimum Gasteiger partial charge on any atom is -0.316 e. The second-order valence-electron chi connectivity index (χ2n) is 4.34. The lowest BCUT2D eigenvalue weighted by Crippen LogP contribution is -2.34. The van der Waals surface area contributed by atoms with Gasteiger partial charge in [-0.25, -0.2) is 4.68 Å². The van der Waals surface area contributed by atoms with E-state index in [2.05, 4.69) is 27.9 Å². The van der Waals surface area contributed by atoms with Crippen LogP contribution in [0.3, 0.4) is 0 Å². The molecule has 6 heteroatoms. The topological polar surface area (TPSA) is 55.6 Å². The Bertz CT molecular complexity index is 321. The first-order valence-corrected chi connectivity index (χ1v) is 6.82. The summed E-state index contributed by atoms with van der Waals surface area (Å²) in [4.78, 5) is 0. The summed E-state index contributed by atoms with van der Waals surface area (Å²) in [5.74, 6) is 1.88. The molecular weight excluding hydrogens is 222 g/mol. The fourth-order valence-corrected chi connectivity index (χ4v) is 3.41. The van der Waals surface area contributed by atoms with Crippen LogP contribution < -0.4 is 5.32 Å². The molecule has 90 valence electrons. The van der Waals surface area contributed by atoms with Crippen molar-refractivity contribution < 1.29 is 0 Å². The quantitative estimate of drug-likeness (QED) is 0.782. The number of nitrogens with zero attached hydrogens (tertiary/aromatic N) is 4. The van der Waals surface area contributed by atoms with E-state index < -0.39 is 0 Å². The first-order valence-electron chi connectivity index (χ1n) is 5.83. The molecule has 1 fully saturated rings. The molecule has 1 aromatic rings. The molecule has 1 unspecified atom stereocenters. The Hall–Kier alpha value is -0.620. The van der Waals surface area contributed by atoms with Gasteiger partial charge < -0.3 is 5.32 Å². The maximum Gasteiger partial charge on any atom is 0.209 e. The van der Waals surface area contributed by atoms with Crippen LogP contribution in [0, 0.1) is 5.92 Å². The first-order chi connectivity index (χ1) is 7.81. The average molecular weight is 241 g/mol. The molecule has 5 nitrogen and oxygen atoms in total. The van der Waals surface area contributed by atoms with Gasteiger partial charge >= 0.3 is 0 Å². The lowest BCUT2D eigenvalue weighted by molar-refractivity contribution is 0.410. The van der Waals surface area contributed by atoms with E-state index in [0.29, 0.717) is 6.04 Å². The Morgan fingerprint density at radius 1 is 1.50 bits per heavy atom. The zero-order valence-electron chi connectivity index (χ0n) is 9.89. The number of rotatable bonds is 5. The van der Waals surface area contributed by atoms with Crippen molar-refractivity contribution in [3.8, 4) is 0 Å². The summed E-state index contributed by atoms with van der Waals surface area (Å²) in [6.07, 6.45) is 5.50.